The summed E-state index contributed by atoms with van der Waals surface area (Å²) < 4.78 is 10.8. The molecule has 1 unspecified atom stereocenters. The summed E-state index contributed by atoms with van der Waals surface area (Å²) in [6, 6.07) is 9.27. The lowest BCUT2D eigenvalue weighted by atomic mass is 10.1. The molecule has 0 saturated carbocycles. The number of hydrogen-bond acceptors (Lipinski definition) is 2. The van der Waals surface area contributed by atoms with Gasteiger partial charge >= 0.3 is 0 Å². The van der Waals surface area contributed by atoms with Crippen LogP contribution in [-0.2, 0) is 10.8 Å². The van der Waals surface area contributed by atoms with Crippen molar-refractivity contribution in [3.05, 3.63) is 35.9 Å². The molecule has 2 atom stereocenters. The second-order valence-corrected chi connectivity index (χ2v) is 4.15. The van der Waals surface area contributed by atoms with Crippen molar-refractivity contribution in [1.29, 1.82) is 0 Å². The van der Waals surface area contributed by atoms with Crippen molar-refractivity contribution in [3.8, 4) is 0 Å². The van der Waals surface area contributed by atoms with Gasteiger partial charge < -0.3 is 5.11 Å². The summed E-state index contributed by atoms with van der Waals surface area (Å²) in [6.07, 6.45) is 0.989. The fraction of sp³-hybridized carbons (Fsp3) is 0.333. The molecule has 0 heterocycles. The van der Waals surface area contributed by atoms with Crippen molar-refractivity contribution in [1.82, 2.24) is 0 Å². The lowest BCUT2D eigenvalue weighted by Crippen LogP contribution is -2.07. The van der Waals surface area contributed by atoms with Crippen LogP contribution in [0.3, 0.4) is 0 Å². The second kappa shape index (κ2) is 4.38. The summed E-state index contributed by atoms with van der Waals surface area (Å²) in [4.78, 5) is 0. The predicted molar refractivity (Wildman–Crippen MR) is 50.3 cm³/mol. The van der Waals surface area contributed by atoms with Gasteiger partial charge in [-0.3, -0.25) is 4.21 Å². The molecule has 0 aromatic heterocycles. The second-order valence-electron chi connectivity index (χ2n) is 2.67. The Morgan fingerprint density at radius 3 is 2.50 bits per heavy atom. The zero-order valence-corrected chi connectivity index (χ0v) is 7.75. The van der Waals surface area contributed by atoms with E-state index in [1.54, 1.807) is 6.26 Å². The van der Waals surface area contributed by atoms with Crippen molar-refractivity contribution >= 4 is 10.8 Å². The van der Waals surface area contributed by atoms with Crippen molar-refractivity contribution in [2.24, 2.45) is 0 Å². The van der Waals surface area contributed by atoms with Crippen LogP contribution in [0.4, 0.5) is 0 Å². The Bertz CT molecular complexity index is 258. The topological polar surface area (TPSA) is 37.3 Å². The highest BCUT2D eigenvalue weighted by molar-refractivity contribution is 7.84. The molecule has 12 heavy (non-hydrogen) atoms. The summed E-state index contributed by atoms with van der Waals surface area (Å²) in [5, 5.41) is 9.50. The summed E-state index contributed by atoms with van der Waals surface area (Å²) in [5.41, 5.74) is 0.827. The number of rotatable bonds is 3. The van der Waals surface area contributed by atoms with E-state index >= 15 is 0 Å². The molecule has 0 radical (unpaired) electrons. The molecule has 0 aliphatic heterocycles. The van der Waals surface area contributed by atoms with Crippen LogP contribution in [0.15, 0.2) is 30.3 Å². The van der Waals surface area contributed by atoms with Crippen molar-refractivity contribution in [2.75, 3.05) is 12.0 Å². The summed E-state index contributed by atoms with van der Waals surface area (Å²) in [7, 11) is -0.946. The fourth-order valence-corrected chi connectivity index (χ4v) is 1.63. The van der Waals surface area contributed by atoms with Crippen LogP contribution in [0.1, 0.15) is 11.7 Å². The smallest absolute Gasteiger partial charge is 0.0905 e. The first-order valence-electron chi connectivity index (χ1n) is 3.73. The van der Waals surface area contributed by atoms with Gasteiger partial charge in [0.15, 0.2) is 0 Å². The van der Waals surface area contributed by atoms with Gasteiger partial charge in [-0.05, 0) is 5.56 Å². The lowest BCUT2D eigenvalue weighted by molar-refractivity contribution is 0.203. The number of aliphatic hydroxyl groups is 1. The molecule has 1 rings (SSSR count). The van der Waals surface area contributed by atoms with E-state index in [0.29, 0.717) is 5.75 Å². The monoisotopic (exact) mass is 184 g/mol. The zero-order valence-electron chi connectivity index (χ0n) is 6.93. The highest BCUT2D eigenvalue weighted by Gasteiger charge is 2.07. The average molecular weight is 184 g/mol. The Kier molecular flexibility index (Phi) is 3.44. The molecular weight excluding hydrogens is 172 g/mol. The summed E-state index contributed by atoms with van der Waals surface area (Å²) >= 11 is 0. The quantitative estimate of drug-likeness (QED) is 0.763. The van der Waals surface area contributed by atoms with E-state index in [4.69, 9.17) is 0 Å². The Morgan fingerprint density at radius 1 is 1.42 bits per heavy atom. The molecule has 66 valence electrons. The minimum atomic E-state index is -0.946. The van der Waals surface area contributed by atoms with Gasteiger partial charge in [-0.25, -0.2) is 0 Å². The van der Waals surface area contributed by atoms with Crippen molar-refractivity contribution < 1.29 is 9.32 Å². The highest BCUT2D eigenvalue weighted by atomic mass is 32.2. The van der Waals surface area contributed by atoms with Crippen LogP contribution in [0, 0.1) is 0 Å². The van der Waals surface area contributed by atoms with Gasteiger partial charge in [0.05, 0.1) is 11.9 Å². The first-order chi connectivity index (χ1) is 5.70. The van der Waals surface area contributed by atoms with Crippen LogP contribution < -0.4 is 0 Å². The zero-order chi connectivity index (χ0) is 8.97. The molecule has 1 aromatic carbocycles. The minimum absolute atomic E-state index is 0.310. The maximum absolute atomic E-state index is 10.8. The number of benzene rings is 1. The van der Waals surface area contributed by atoms with Crippen LogP contribution >= 0.6 is 0 Å². The summed E-state index contributed by atoms with van der Waals surface area (Å²) in [5.74, 6) is 0.310. The third-order valence-electron chi connectivity index (χ3n) is 1.58. The van der Waals surface area contributed by atoms with Crippen LogP contribution in [0.25, 0.3) is 0 Å². The van der Waals surface area contributed by atoms with E-state index in [9.17, 15) is 9.32 Å². The van der Waals surface area contributed by atoms with Gasteiger partial charge in [0, 0.05) is 17.1 Å². The van der Waals surface area contributed by atoms with Gasteiger partial charge in [0.1, 0.15) is 0 Å². The summed E-state index contributed by atoms with van der Waals surface area (Å²) in [6.45, 7) is 0. The molecule has 0 aliphatic carbocycles. The Hall–Kier alpha value is -0.670. The Morgan fingerprint density at radius 2 is 2.00 bits per heavy atom. The Balaban J connectivity index is 2.65. The molecule has 1 N–H and O–H groups in total. The molecule has 0 saturated heterocycles. The first kappa shape index (κ1) is 9.42. The predicted octanol–water partition coefficient (Wildman–Crippen LogP) is 1.10. The largest absolute Gasteiger partial charge is 0.387 e. The molecule has 0 spiro atoms. The first-order valence-corrected chi connectivity index (χ1v) is 5.46. The van der Waals surface area contributed by atoms with Gasteiger partial charge in [-0.1, -0.05) is 30.3 Å². The molecule has 3 heteroatoms. The van der Waals surface area contributed by atoms with E-state index in [2.05, 4.69) is 0 Å². The molecule has 0 bridgehead atoms. The van der Waals surface area contributed by atoms with Gasteiger partial charge in [-0.2, -0.15) is 0 Å². The minimum Gasteiger partial charge on any atom is -0.387 e. The van der Waals surface area contributed by atoms with E-state index in [1.165, 1.54) is 0 Å². The normalized spacial score (nSPS) is 15.5. The van der Waals surface area contributed by atoms with Crippen LogP contribution in [0.2, 0.25) is 0 Å². The van der Waals surface area contributed by atoms with Gasteiger partial charge in [0.25, 0.3) is 0 Å². The molecule has 2 nitrogen and oxygen atoms in total. The maximum Gasteiger partial charge on any atom is 0.0905 e. The molecule has 0 fully saturated rings. The van der Waals surface area contributed by atoms with E-state index in [1.807, 2.05) is 30.3 Å². The number of aliphatic hydroxyl groups excluding tert-OH is 1. The Labute approximate surface area is 74.7 Å². The molecular formula is C9H12O2S. The number of hydrogen-bond donors (Lipinski definition) is 1. The lowest BCUT2D eigenvalue weighted by Gasteiger charge is -2.07. The molecule has 1 aromatic rings. The van der Waals surface area contributed by atoms with Crippen molar-refractivity contribution in [2.45, 2.75) is 6.10 Å². The van der Waals surface area contributed by atoms with E-state index in [0.717, 1.165) is 5.56 Å². The van der Waals surface area contributed by atoms with Gasteiger partial charge in [-0.15, -0.1) is 0 Å². The van der Waals surface area contributed by atoms with Crippen molar-refractivity contribution in [3.63, 3.8) is 0 Å². The van der Waals surface area contributed by atoms with Gasteiger partial charge in [0.2, 0.25) is 0 Å². The standard InChI is InChI=1S/C9H12O2S/c1-12(11)7-9(10)8-5-3-2-4-6-8/h2-6,9-10H,7H2,1H3/t9-,12?/m0/s1. The molecule has 0 amide bonds. The highest BCUT2D eigenvalue weighted by Crippen LogP contribution is 2.12. The van der Waals surface area contributed by atoms with E-state index < -0.39 is 16.9 Å². The SMILES string of the molecule is CS(=O)C[C@H](O)c1ccccc1. The fourth-order valence-electron chi connectivity index (χ4n) is 0.994. The third kappa shape index (κ3) is 2.75. The van der Waals surface area contributed by atoms with Crippen LogP contribution in [-0.4, -0.2) is 21.3 Å². The third-order valence-corrected chi connectivity index (χ3v) is 2.36. The van der Waals surface area contributed by atoms with E-state index in [-0.39, 0.29) is 0 Å². The van der Waals surface area contributed by atoms with Crippen LogP contribution in [0.5, 0.6) is 0 Å². The average Bonchev–Trinajstić information content (AvgIpc) is 2.05. The molecule has 0 aliphatic rings. The maximum atomic E-state index is 10.8.